The van der Waals surface area contributed by atoms with E-state index in [0.29, 0.717) is 0 Å². The molecule has 0 radical (unpaired) electrons. The first-order chi connectivity index (χ1) is 10.3. The number of benzene rings is 1. The number of halogens is 1. The molecule has 1 rings (SSSR count). The summed E-state index contributed by atoms with van der Waals surface area (Å²) >= 11 is 3.70. The second-order valence-electron chi connectivity index (χ2n) is 6.48. The smallest absolute Gasteiger partial charge is 0.00628 e. The molecule has 0 fully saturated rings. The van der Waals surface area contributed by atoms with Gasteiger partial charge in [0, 0.05) is 5.33 Å². The molecule has 0 aromatic heterocycles. The van der Waals surface area contributed by atoms with Gasteiger partial charge in [-0.2, -0.15) is 0 Å². The standard InChI is InChI=1S/C20H33Br/c1-3-4-5-6-7-8-9-10-13-20(17-21)16-19-14-11-12-18(2)15-19/h11-12,14-15,20H,3-10,13,16-17H2,1-2H3. The number of hydrogen-bond acceptors (Lipinski definition) is 0. The first kappa shape index (κ1) is 18.7. The molecule has 0 saturated carbocycles. The average molecular weight is 353 g/mol. The van der Waals surface area contributed by atoms with Crippen LogP contribution < -0.4 is 0 Å². The van der Waals surface area contributed by atoms with E-state index >= 15 is 0 Å². The van der Waals surface area contributed by atoms with Crippen LogP contribution in [0.3, 0.4) is 0 Å². The largest absolute Gasteiger partial charge is 0.0925 e. The van der Waals surface area contributed by atoms with Gasteiger partial charge in [0.1, 0.15) is 0 Å². The molecular formula is C20H33Br. The number of unbranched alkanes of at least 4 members (excludes halogenated alkanes) is 7. The summed E-state index contributed by atoms with van der Waals surface area (Å²) < 4.78 is 0. The highest BCUT2D eigenvalue weighted by molar-refractivity contribution is 9.09. The fraction of sp³-hybridized carbons (Fsp3) is 0.700. The summed E-state index contributed by atoms with van der Waals surface area (Å²) in [6.45, 7) is 4.47. The second-order valence-corrected chi connectivity index (χ2v) is 7.12. The van der Waals surface area contributed by atoms with Gasteiger partial charge in [0.25, 0.3) is 0 Å². The normalized spacial score (nSPS) is 12.5. The van der Waals surface area contributed by atoms with Crippen LogP contribution in [0.5, 0.6) is 0 Å². The van der Waals surface area contributed by atoms with Gasteiger partial charge in [-0.1, -0.05) is 104 Å². The first-order valence-electron chi connectivity index (χ1n) is 8.87. The predicted octanol–water partition coefficient (Wildman–Crippen LogP) is 7.08. The summed E-state index contributed by atoms with van der Waals surface area (Å²) in [6.07, 6.45) is 13.9. The summed E-state index contributed by atoms with van der Waals surface area (Å²) in [6, 6.07) is 8.98. The Balaban J connectivity index is 2.11. The SMILES string of the molecule is CCCCCCCCCCC(CBr)Cc1cccc(C)c1. The zero-order chi connectivity index (χ0) is 15.3. The molecule has 0 bridgehead atoms. The highest BCUT2D eigenvalue weighted by Gasteiger charge is 2.08. The number of alkyl halides is 1. The Morgan fingerprint density at radius 1 is 0.952 bits per heavy atom. The van der Waals surface area contributed by atoms with Gasteiger partial charge in [-0.25, -0.2) is 0 Å². The number of aryl methyl sites for hydroxylation is 1. The van der Waals surface area contributed by atoms with E-state index in [0.717, 1.165) is 11.2 Å². The zero-order valence-electron chi connectivity index (χ0n) is 14.0. The number of hydrogen-bond donors (Lipinski definition) is 0. The third-order valence-electron chi connectivity index (χ3n) is 4.29. The Morgan fingerprint density at radius 2 is 1.62 bits per heavy atom. The maximum Gasteiger partial charge on any atom is 0.00628 e. The molecular weight excluding hydrogens is 320 g/mol. The Morgan fingerprint density at radius 3 is 2.24 bits per heavy atom. The third-order valence-corrected chi connectivity index (χ3v) is 5.21. The van der Waals surface area contributed by atoms with E-state index in [1.807, 2.05) is 0 Å². The van der Waals surface area contributed by atoms with Crippen molar-refractivity contribution in [3.63, 3.8) is 0 Å². The fourth-order valence-corrected chi connectivity index (χ4v) is 3.53. The van der Waals surface area contributed by atoms with Crippen LogP contribution >= 0.6 is 15.9 Å². The molecule has 1 atom stereocenters. The summed E-state index contributed by atoms with van der Waals surface area (Å²) in [5.74, 6) is 0.798. The molecule has 1 aromatic rings. The van der Waals surface area contributed by atoms with E-state index in [1.165, 1.54) is 75.3 Å². The molecule has 0 aliphatic rings. The molecule has 0 N–H and O–H groups in total. The highest BCUT2D eigenvalue weighted by atomic mass is 79.9. The van der Waals surface area contributed by atoms with E-state index in [1.54, 1.807) is 0 Å². The van der Waals surface area contributed by atoms with Crippen molar-refractivity contribution in [3.05, 3.63) is 35.4 Å². The molecule has 0 nitrogen and oxygen atoms in total. The van der Waals surface area contributed by atoms with Gasteiger partial charge in [0.15, 0.2) is 0 Å². The lowest BCUT2D eigenvalue weighted by Crippen LogP contribution is -2.06. The van der Waals surface area contributed by atoms with Crippen LogP contribution in [0.15, 0.2) is 24.3 Å². The van der Waals surface area contributed by atoms with E-state index in [9.17, 15) is 0 Å². The summed E-state index contributed by atoms with van der Waals surface area (Å²) in [4.78, 5) is 0. The van der Waals surface area contributed by atoms with Crippen molar-refractivity contribution in [1.29, 1.82) is 0 Å². The Labute approximate surface area is 140 Å². The molecule has 21 heavy (non-hydrogen) atoms. The van der Waals surface area contributed by atoms with Crippen LogP contribution in [0.4, 0.5) is 0 Å². The maximum atomic E-state index is 3.70. The van der Waals surface area contributed by atoms with Crippen LogP contribution in [0, 0.1) is 12.8 Å². The molecule has 0 aliphatic heterocycles. The lowest BCUT2D eigenvalue weighted by molar-refractivity contribution is 0.486. The summed E-state index contributed by atoms with van der Waals surface area (Å²) in [5.41, 5.74) is 2.88. The summed E-state index contributed by atoms with van der Waals surface area (Å²) in [5, 5.41) is 1.14. The van der Waals surface area contributed by atoms with Crippen molar-refractivity contribution in [3.8, 4) is 0 Å². The van der Waals surface area contributed by atoms with E-state index in [4.69, 9.17) is 0 Å². The second kappa shape index (κ2) is 12.3. The van der Waals surface area contributed by atoms with E-state index in [-0.39, 0.29) is 0 Å². The van der Waals surface area contributed by atoms with Gasteiger partial charge < -0.3 is 0 Å². The van der Waals surface area contributed by atoms with E-state index < -0.39 is 0 Å². The molecule has 1 aromatic carbocycles. The Kier molecular flexibility index (Phi) is 10.9. The molecule has 0 amide bonds. The van der Waals surface area contributed by atoms with Crippen LogP contribution in [0.25, 0.3) is 0 Å². The van der Waals surface area contributed by atoms with Gasteiger partial charge in [-0.3, -0.25) is 0 Å². The minimum atomic E-state index is 0.798. The van der Waals surface area contributed by atoms with Gasteiger partial charge in [0.05, 0.1) is 0 Å². The molecule has 1 unspecified atom stereocenters. The lowest BCUT2D eigenvalue weighted by Gasteiger charge is -2.14. The van der Waals surface area contributed by atoms with Crippen LogP contribution in [0.1, 0.15) is 75.8 Å². The van der Waals surface area contributed by atoms with Crippen LogP contribution in [-0.4, -0.2) is 5.33 Å². The molecule has 0 heterocycles. The van der Waals surface area contributed by atoms with Crippen molar-refractivity contribution >= 4 is 15.9 Å². The van der Waals surface area contributed by atoms with Crippen molar-refractivity contribution in [2.75, 3.05) is 5.33 Å². The van der Waals surface area contributed by atoms with Crippen molar-refractivity contribution in [1.82, 2.24) is 0 Å². The first-order valence-corrected chi connectivity index (χ1v) is 10.00. The van der Waals surface area contributed by atoms with Crippen molar-refractivity contribution in [2.24, 2.45) is 5.92 Å². The Hall–Kier alpha value is -0.300. The molecule has 0 aliphatic carbocycles. The van der Waals surface area contributed by atoms with Gasteiger partial charge in [0.2, 0.25) is 0 Å². The minimum Gasteiger partial charge on any atom is -0.0925 e. The van der Waals surface area contributed by atoms with Crippen LogP contribution in [0.2, 0.25) is 0 Å². The number of rotatable bonds is 12. The van der Waals surface area contributed by atoms with E-state index in [2.05, 4.69) is 54.0 Å². The molecule has 0 saturated heterocycles. The van der Waals surface area contributed by atoms with Crippen molar-refractivity contribution in [2.45, 2.75) is 78.1 Å². The Bertz CT molecular complexity index is 359. The zero-order valence-corrected chi connectivity index (χ0v) is 15.6. The molecule has 0 spiro atoms. The van der Waals surface area contributed by atoms with Gasteiger partial charge >= 0.3 is 0 Å². The maximum absolute atomic E-state index is 3.70. The third kappa shape index (κ3) is 9.34. The topological polar surface area (TPSA) is 0 Å². The lowest BCUT2D eigenvalue weighted by atomic mass is 9.94. The van der Waals surface area contributed by atoms with Gasteiger partial charge in [-0.05, 0) is 31.2 Å². The fourth-order valence-electron chi connectivity index (χ4n) is 2.97. The van der Waals surface area contributed by atoms with Crippen LogP contribution in [-0.2, 0) is 6.42 Å². The quantitative estimate of drug-likeness (QED) is 0.278. The predicted molar refractivity (Wildman–Crippen MR) is 99.4 cm³/mol. The van der Waals surface area contributed by atoms with Gasteiger partial charge in [-0.15, -0.1) is 0 Å². The summed E-state index contributed by atoms with van der Waals surface area (Å²) in [7, 11) is 0. The highest BCUT2D eigenvalue weighted by Crippen LogP contribution is 2.19. The molecule has 120 valence electrons. The average Bonchev–Trinajstić information content (AvgIpc) is 2.48. The monoisotopic (exact) mass is 352 g/mol. The minimum absolute atomic E-state index is 0.798. The molecule has 1 heteroatoms. The van der Waals surface area contributed by atoms with Crippen molar-refractivity contribution < 1.29 is 0 Å².